The van der Waals surface area contributed by atoms with E-state index < -0.39 is 16.7 Å². The zero-order valence-electron chi connectivity index (χ0n) is 8.29. The van der Waals surface area contributed by atoms with Crippen LogP contribution in [0.25, 0.3) is 0 Å². The first-order valence-electron chi connectivity index (χ1n) is 4.51. The summed E-state index contributed by atoms with van der Waals surface area (Å²) in [6.07, 6.45) is 1.08. The number of carbonyl (C=O) groups is 2. The molecule has 0 aliphatic carbocycles. The van der Waals surface area contributed by atoms with Crippen molar-refractivity contribution in [3.8, 4) is 0 Å². The molecule has 0 saturated carbocycles. The molecule has 0 bridgehead atoms. The van der Waals surface area contributed by atoms with Crippen molar-refractivity contribution in [1.29, 1.82) is 0 Å². The van der Waals surface area contributed by atoms with Gasteiger partial charge < -0.3 is 0 Å². The molecule has 2 amide bonds. The fourth-order valence-corrected chi connectivity index (χ4v) is 1.85. The molecule has 17 heavy (non-hydrogen) atoms. The summed E-state index contributed by atoms with van der Waals surface area (Å²) in [6, 6.07) is 5.58. The zero-order chi connectivity index (χ0) is 12.6. The number of benzene rings is 1. The highest BCUT2D eigenvalue weighted by Crippen LogP contribution is 2.32. The maximum absolute atomic E-state index is 11.7. The van der Waals surface area contributed by atoms with Crippen LogP contribution in [-0.4, -0.2) is 16.7 Å². The Bertz CT molecular complexity index is 567. The van der Waals surface area contributed by atoms with Crippen molar-refractivity contribution in [2.75, 3.05) is 4.90 Å². The first-order valence-corrected chi connectivity index (χ1v) is 5.30. The Kier molecular flexibility index (Phi) is 2.76. The van der Waals surface area contributed by atoms with E-state index in [4.69, 9.17) is 0 Å². The number of rotatable bonds is 2. The van der Waals surface area contributed by atoms with Gasteiger partial charge in [0.15, 0.2) is 0 Å². The molecule has 1 heterocycles. The standard InChI is InChI=1S/C10H5BrN2O4/c11-6-5-9(14)12(10(6)15)7-3-1-2-4-8(7)13(16)17/h1-5H. The van der Waals surface area contributed by atoms with Gasteiger partial charge in [0.25, 0.3) is 17.5 Å². The van der Waals surface area contributed by atoms with E-state index >= 15 is 0 Å². The highest BCUT2D eigenvalue weighted by molar-refractivity contribution is 9.12. The second kappa shape index (κ2) is 4.10. The summed E-state index contributed by atoms with van der Waals surface area (Å²) in [7, 11) is 0. The van der Waals surface area contributed by atoms with E-state index in [9.17, 15) is 19.7 Å². The topological polar surface area (TPSA) is 80.5 Å². The van der Waals surface area contributed by atoms with Crippen molar-refractivity contribution >= 4 is 39.1 Å². The molecule has 1 aromatic rings. The lowest BCUT2D eigenvalue weighted by Crippen LogP contribution is -2.30. The van der Waals surface area contributed by atoms with E-state index in [1.165, 1.54) is 24.3 Å². The predicted octanol–water partition coefficient (Wildman–Crippen LogP) is 1.75. The van der Waals surface area contributed by atoms with Gasteiger partial charge in [0, 0.05) is 12.1 Å². The van der Waals surface area contributed by atoms with Crippen molar-refractivity contribution in [2.24, 2.45) is 0 Å². The molecule has 7 heteroatoms. The van der Waals surface area contributed by atoms with E-state index in [0.29, 0.717) is 0 Å². The van der Waals surface area contributed by atoms with Crippen LogP contribution < -0.4 is 4.90 Å². The first-order chi connectivity index (χ1) is 8.02. The normalized spacial score (nSPS) is 15.1. The van der Waals surface area contributed by atoms with Crippen LogP contribution in [0.3, 0.4) is 0 Å². The summed E-state index contributed by atoms with van der Waals surface area (Å²) in [5.41, 5.74) is -0.317. The van der Waals surface area contributed by atoms with Crippen molar-refractivity contribution in [3.05, 3.63) is 44.9 Å². The molecular weight excluding hydrogens is 292 g/mol. The molecule has 0 fully saturated rings. The zero-order valence-corrected chi connectivity index (χ0v) is 9.88. The minimum atomic E-state index is -0.637. The molecule has 1 aliphatic heterocycles. The number of para-hydroxylation sites is 2. The van der Waals surface area contributed by atoms with Gasteiger partial charge in [-0.15, -0.1) is 0 Å². The van der Waals surface area contributed by atoms with Gasteiger partial charge in [0.05, 0.1) is 9.41 Å². The van der Waals surface area contributed by atoms with Crippen LogP contribution in [0, 0.1) is 10.1 Å². The Morgan fingerprint density at radius 3 is 2.41 bits per heavy atom. The monoisotopic (exact) mass is 296 g/mol. The number of anilines is 1. The number of halogens is 1. The second-order valence-electron chi connectivity index (χ2n) is 3.22. The molecule has 0 aromatic heterocycles. The van der Waals surface area contributed by atoms with Crippen LogP contribution in [0.5, 0.6) is 0 Å². The number of amides is 2. The van der Waals surface area contributed by atoms with Crippen molar-refractivity contribution < 1.29 is 14.5 Å². The maximum Gasteiger partial charge on any atom is 0.293 e. The smallest absolute Gasteiger partial charge is 0.269 e. The van der Waals surface area contributed by atoms with Gasteiger partial charge in [0.2, 0.25) is 0 Å². The van der Waals surface area contributed by atoms with Crippen LogP contribution in [0.2, 0.25) is 0 Å². The van der Waals surface area contributed by atoms with Crippen LogP contribution >= 0.6 is 15.9 Å². The van der Waals surface area contributed by atoms with Gasteiger partial charge in [-0.05, 0) is 22.0 Å². The Balaban J connectivity index is 2.53. The average molecular weight is 297 g/mol. The van der Waals surface area contributed by atoms with E-state index in [2.05, 4.69) is 15.9 Å². The quantitative estimate of drug-likeness (QED) is 0.473. The molecule has 6 nitrogen and oxygen atoms in total. The number of nitro groups is 1. The summed E-state index contributed by atoms with van der Waals surface area (Å²) < 4.78 is 0.0839. The lowest BCUT2D eigenvalue weighted by atomic mass is 10.2. The van der Waals surface area contributed by atoms with E-state index in [-0.39, 0.29) is 15.9 Å². The van der Waals surface area contributed by atoms with Crippen molar-refractivity contribution in [1.82, 2.24) is 0 Å². The van der Waals surface area contributed by atoms with Crippen LogP contribution in [0.1, 0.15) is 0 Å². The van der Waals surface area contributed by atoms with Crippen LogP contribution in [0.4, 0.5) is 11.4 Å². The van der Waals surface area contributed by atoms with Crippen molar-refractivity contribution in [2.45, 2.75) is 0 Å². The first kappa shape index (κ1) is 11.5. The lowest BCUT2D eigenvalue weighted by Gasteiger charge is -2.13. The molecule has 0 unspecified atom stereocenters. The Hall–Kier alpha value is -2.02. The fourth-order valence-electron chi connectivity index (χ4n) is 1.48. The third kappa shape index (κ3) is 1.84. The number of imide groups is 1. The number of nitrogens with zero attached hydrogens (tertiary/aromatic N) is 2. The molecule has 1 aliphatic rings. The minimum absolute atomic E-state index is 0.0294. The van der Waals surface area contributed by atoms with Gasteiger partial charge in [-0.2, -0.15) is 0 Å². The highest BCUT2D eigenvalue weighted by Gasteiger charge is 2.34. The van der Waals surface area contributed by atoms with Crippen LogP contribution in [-0.2, 0) is 9.59 Å². The number of hydrogen-bond acceptors (Lipinski definition) is 4. The minimum Gasteiger partial charge on any atom is -0.269 e. The van der Waals surface area contributed by atoms with Gasteiger partial charge in [-0.1, -0.05) is 12.1 Å². The Labute approximate surface area is 104 Å². The van der Waals surface area contributed by atoms with Gasteiger partial charge in [0.1, 0.15) is 5.69 Å². The molecule has 0 atom stereocenters. The molecule has 0 radical (unpaired) electrons. The fraction of sp³-hybridized carbons (Fsp3) is 0. The van der Waals surface area contributed by atoms with Gasteiger partial charge >= 0.3 is 0 Å². The predicted molar refractivity (Wildman–Crippen MR) is 62.6 cm³/mol. The van der Waals surface area contributed by atoms with Crippen molar-refractivity contribution in [3.63, 3.8) is 0 Å². The second-order valence-corrected chi connectivity index (χ2v) is 4.07. The Morgan fingerprint density at radius 1 is 1.24 bits per heavy atom. The van der Waals surface area contributed by atoms with E-state index in [1.54, 1.807) is 0 Å². The highest BCUT2D eigenvalue weighted by atomic mass is 79.9. The third-order valence-electron chi connectivity index (χ3n) is 2.20. The van der Waals surface area contributed by atoms with E-state index in [0.717, 1.165) is 11.0 Å². The molecule has 2 rings (SSSR count). The third-order valence-corrected chi connectivity index (χ3v) is 2.77. The molecule has 1 aromatic carbocycles. The SMILES string of the molecule is O=C1C=C(Br)C(=O)N1c1ccccc1[N+](=O)[O-]. The number of hydrogen-bond donors (Lipinski definition) is 0. The summed E-state index contributed by atoms with van der Waals surface area (Å²) in [6.45, 7) is 0. The molecule has 0 spiro atoms. The summed E-state index contributed by atoms with van der Waals surface area (Å²) >= 11 is 2.92. The van der Waals surface area contributed by atoms with Gasteiger partial charge in [-0.3, -0.25) is 19.7 Å². The summed E-state index contributed by atoms with van der Waals surface area (Å²) in [4.78, 5) is 34.1. The maximum atomic E-state index is 11.7. The molecule has 0 N–H and O–H groups in total. The summed E-state index contributed by atoms with van der Waals surface area (Å²) in [5, 5.41) is 10.8. The summed E-state index contributed by atoms with van der Waals surface area (Å²) in [5.74, 6) is -1.21. The van der Waals surface area contributed by atoms with E-state index in [1.807, 2.05) is 0 Å². The average Bonchev–Trinajstić information content (AvgIpc) is 2.53. The Morgan fingerprint density at radius 2 is 1.88 bits per heavy atom. The molecular formula is C10H5BrN2O4. The van der Waals surface area contributed by atoms with Gasteiger partial charge in [-0.25, -0.2) is 4.90 Å². The molecule has 86 valence electrons. The number of carbonyl (C=O) groups excluding carboxylic acids is 2. The largest absolute Gasteiger partial charge is 0.293 e. The van der Waals surface area contributed by atoms with Crippen LogP contribution in [0.15, 0.2) is 34.8 Å². The number of nitro benzene ring substituents is 1. The molecule has 0 saturated heterocycles. The lowest BCUT2D eigenvalue weighted by molar-refractivity contribution is -0.384.